The molecule has 2 aromatic rings. The molecule has 0 bridgehead atoms. The van der Waals surface area contributed by atoms with Crippen molar-refractivity contribution in [3.05, 3.63) is 21.6 Å². The smallest absolute Gasteiger partial charge is 0.225 e. The first-order valence-corrected chi connectivity index (χ1v) is 13.2. The average molecular weight is 463 g/mol. The number of benzene rings is 1. The van der Waals surface area contributed by atoms with Crippen LogP contribution in [0.4, 0.5) is 5.82 Å². The lowest BCUT2D eigenvalue weighted by Crippen LogP contribution is -2.27. The number of fused-ring (bicyclic) bond motifs is 1. The number of hydrogen-bond donors (Lipinski definition) is 1. The lowest BCUT2D eigenvalue weighted by molar-refractivity contribution is -0.116. The second-order valence-electron chi connectivity index (χ2n) is 6.93. The summed E-state index contributed by atoms with van der Waals surface area (Å²) in [6.07, 6.45) is 1.23. The summed E-state index contributed by atoms with van der Waals surface area (Å²) in [6, 6.07) is 3.67. The highest BCUT2D eigenvalue weighted by molar-refractivity contribution is 9.10. The Bertz CT molecular complexity index is 777. The molecule has 0 saturated carbocycles. The third kappa shape index (κ3) is 6.06. The van der Waals surface area contributed by atoms with Gasteiger partial charge in [-0.05, 0) is 54.1 Å². The van der Waals surface area contributed by atoms with Crippen LogP contribution < -0.4 is 5.32 Å². The van der Waals surface area contributed by atoms with Crippen LogP contribution in [0.2, 0.25) is 24.7 Å². The summed E-state index contributed by atoms with van der Waals surface area (Å²) in [5.41, 5.74) is 0.802. The average Bonchev–Trinajstić information content (AvgIpc) is 2.84. The summed E-state index contributed by atoms with van der Waals surface area (Å²) in [5, 5.41) is 8.74. The minimum atomic E-state index is -1.54. The van der Waals surface area contributed by atoms with Gasteiger partial charge < -0.3 is 14.5 Å². The van der Waals surface area contributed by atoms with Crippen LogP contribution in [0.3, 0.4) is 0 Å². The van der Waals surface area contributed by atoms with E-state index in [1.165, 1.54) is 0 Å². The first-order valence-electron chi connectivity index (χ1n) is 8.58. The van der Waals surface area contributed by atoms with Crippen LogP contribution in [0.25, 0.3) is 10.9 Å². The molecule has 1 N–H and O–H groups in total. The van der Waals surface area contributed by atoms with Gasteiger partial charge in [-0.2, -0.15) is 5.10 Å². The van der Waals surface area contributed by atoms with Gasteiger partial charge in [0.05, 0.1) is 23.8 Å². The predicted molar refractivity (Wildman–Crippen MR) is 111 cm³/mol. The van der Waals surface area contributed by atoms with Crippen LogP contribution in [0.1, 0.15) is 19.8 Å². The summed E-state index contributed by atoms with van der Waals surface area (Å²) in [6.45, 7) is 9.67. The number of carbonyl (C=O) groups excluding carboxylic acids is 1. The molecule has 0 atom stereocenters. The van der Waals surface area contributed by atoms with Gasteiger partial charge in [-0.1, -0.05) is 18.5 Å². The van der Waals surface area contributed by atoms with Gasteiger partial charge in [0, 0.05) is 16.3 Å². The number of ether oxygens (including phenoxy) is 1. The highest BCUT2D eigenvalue weighted by atomic mass is 79.9. The topological polar surface area (TPSA) is 65.4 Å². The number of halogens is 2. The molecule has 0 aliphatic carbocycles. The van der Waals surface area contributed by atoms with E-state index in [9.17, 15) is 4.79 Å². The normalized spacial score (nSPS) is 11.9. The molecule has 0 aliphatic heterocycles. The highest BCUT2D eigenvalue weighted by Crippen LogP contribution is 2.32. The standard InChI is InChI=1S/C17H25BrClN3O3Si/c1-5-6-16(23)20-17-12-9-13(18)14(19)10-15(12)22(21-17)11-24-7-8-25-26(2,3)4/h9-10H,5-8,11H2,1-4H3,(H,20,21,23). The number of nitrogens with zero attached hydrogens (tertiary/aromatic N) is 2. The molecule has 1 amide bonds. The van der Waals surface area contributed by atoms with E-state index in [0.29, 0.717) is 30.5 Å². The van der Waals surface area contributed by atoms with Crippen LogP contribution in [0, 0.1) is 0 Å². The fraction of sp³-hybridized carbons (Fsp3) is 0.529. The summed E-state index contributed by atoms with van der Waals surface area (Å²) in [7, 11) is -1.54. The zero-order chi connectivity index (χ0) is 19.3. The Morgan fingerprint density at radius 1 is 1.35 bits per heavy atom. The molecule has 0 spiro atoms. The first-order chi connectivity index (χ1) is 12.2. The molecule has 1 heterocycles. The second kappa shape index (κ2) is 9.32. The fourth-order valence-corrected chi connectivity index (χ4v) is 3.54. The molecule has 0 unspecified atom stereocenters. The molecular weight excluding hydrogens is 438 g/mol. The van der Waals surface area contributed by atoms with Crippen LogP contribution in [-0.4, -0.2) is 37.2 Å². The largest absolute Gasteiger partial charge is 0.415 e. The minimum Gasteiger partial charge on any atom is -0.415 e. The van der Waals surface area contributed by atoms with E-state index in [4.69, 9.17) is 20.8 Å². The van der Waals surface area contributed by atoms with Gasteiger partial charge in [0.1, 0.15) is 6.73 Å². The van der Waals surface area contributed by atoms with Gasteiger partial charge in [-0.3, -0.25) is 4.79 Å². The Labute approximate surface area is 168 Å². The maximum absolute atomic E-state index is 12.0. The Morgan fingerprint density at radius 2 is 2.08 bits per heavy atom. The fourth-order valence-electron chi connectivity index (χ4n) is 2.34. The van der Waals surface area contributed by atoms with Crippen molar-refractivity contribution < 1.29 is 14.0 Å². The van der Waals surface area contributed by atoms with Crippen molar-refractivity contribution in [3.63, 3.8) is 0 Å². The molecule has 0 saturated heterocycles. The third-order valence-electron chi connectivity index (χ3n) is 3.50. The van der Waals surface area contributed by atoms with E-state index in [0.717, 1.165) is 21.8 Å². The van der Waals surface area contributed by atoms with Crippen molar-refractivity contribution in [2.24, 2.45) is 0 Å². The van der Waals surface area contributed by atoms with Crippen molar-refractivity contribution in [3.8, 4) is 0 Å². The van der Waals surface area contributed by atoms with Gasteiger partial charge in [0.25, 0.3) is 0 Å². The van der Waals surface area contributed by atoms with Crippen molar-refractivity contribution in [1.82, 2.24) is 9.78 Å². The molecule has 9 heteroatoms. The maximum atomic E-state index is 12.0. The van der Waals surface area contributed by atoms with E-state index >= 15 is 0 Å². The van der Waals surface area contributed by atoms with Gasteiger partial charge >= 0.3 is 0 Å². The van der Waals surface area contributed by atoms with E-state index in [2.05, 4.69) is 46.0 Å². The van der Waals surface area contributed by atoms with E-state index < -0.39 is 8.32 Å². The first kappa shape index (κ1) is 21.4. The summed E-state index contributed by atoms with van der Waals surface area (Å²) in [5.74, 6) is 0.451. The molecule has 0 aliphatic rings. The molecule has 1 aromatic carbocycles. The van der Waals surface area contributed by atoms with E-state index in [1.54, 1.807) is 4.68 Å². The molecule has 0 fully saturated rings. The van der Waals surface area contributed by atoms with Crippen LogP contribution >= 0.6 is 27.5 Å². The molecule has 144 valence electrons. The summed E-state index contributed by atoms with van der Waals surface area (Å²) >= 11 is 9.65. The monoisotopic (exact) mass is 461 g/mol. The number of nitrogens with one attached hydrogen (secondary N) is 1. The van der Waals surface area contributed by atoms with Crippen LogP contribution in [0.15, 0.2) is 16.6 Å². The zero-order valence-corrected chi connectivity index (χ0v) is 18.9. The highest BCUT2D eigenvalue weighted by Gasteiger charge is 2.16. The van der Waals surface area contributed by atoms with Crippen LogP contribution in [-0.2, 0) is 20.7 Å². The van der Waals surface area contributed by atoms with E-state index in [-0.39, 0.29) is 12.6 Å². The quantitative estimate of drug-likeness (QED) is 0.420. The number of hydrogen-bond acceptors (Lipinski definition) is 4. The molecule has 6 nitrogen and oxygen atoms in total. The minimum absolute atomic E-state index is 0.0606. The lowest BCUT2D eigenvalue weighted by atomic mass is 10.2. The zero-order valence-electron chi connectivity index (χ0n) is 15.6. The summed E-state index contributed by atoms with van der Waals surface area (Å²) in [4.78, 5) is 12.0. The maximum Gasteiger partial charge on any atom is 0.225 e. The Kier molecular flexibility index (Phi) is 7.66. The SMILES string of the molecule is CCCC(=O)Nc1nn(COCCO[Si](C)(C)C)c2cc(Cl)c(Br)cc12. The lowest BCUT2D eigenvalue weighted by Gasteiger charge is -2.16. The van der Waals surface area contributed by atoms with Gasteiger partial charge in [0.2, 0.25) is 5.91 Å². The number of rotatable bonds is 9. The Morgan fingerprint density at radius 3 is 2.73 bits per heavy atom. The van der Waals surface area contributed by atoms with E-state index in [1.807, 2.05) is 19.1 Å². The molecular formula is C17H25BrClN3O3Si. The molecule has 2 rings (SSSR count). The van der Waals surface area contributed by atoms with Gasteiger partial charge in [-0.15, -0.1) is 0 Å². The number of amides is 1. The number of carbonyl (C=O) groups is 1. The number of anilines is 1. The molecule has 1 aromatic heterocycles. The van der Waals surface area contributed by atoms with Crippen molar-refractivity contribution in [2.45, 2.75) is 46.1 Å². The summed E-state index contributed by atoms with van der Waals surface area (Å²) < 4.78 is 13.9. The Hall–Kier alpha value is -0.933. The number of aromatic nitrogens is 2. The van der Waals surface area contributed by atoms with Crippen LogP contribution in [0.5, 0.6) is 0 Å². The van der Waals surface area contributed by atoms with Gasteiger partial charge in [-0.25, -0.2) is 4.68 Å². The van der Waals surface area contributed by atoms with Crippen molar-refractivity contribution >= 4 is 58.5 Å². The Balaban J connectivity index is 2.15. The second-order valence-corrected chi connectivity index (χ2v) is 12.7. The van der Waals surface area contributed by atoms with Crippen molar-refractivity contribution in [2.75, 3.05) is 18.5 Å². The predicted octanol–water partition coefficient (Wildman–Crippen LogP) is 5.02. The van der Waals surface area contributed by atoms with Crippen molar-refractivity contribution in [1.29, 1.82) is 0 Å². The molecule has 26 heavy (non-hydrogen) atoms. The third-order valence-corrected chi connectivity index (χ3v) is 5.77. The molecule has 0 radical (unpaired) electrons. The van der Waals surface area contributed by atoms with Gasteiger partial charge in [0.15, 0.2) is 14.1 Å².